The smallest absolute Gasteiger partial charge is 0.345 e. The lowest BCUT2D eigenvalue weighted by Crippen LogP contribution is -2.15. The van der Waals surface area contributed by atoms with Gasteiger partial charge in [-0.15, -0.1) is 0 Å². The van der Waals surface area contributed by atoms with Crippen LogP contribution in [0, 0.1) is 10.1 Å². The number of nitrogens with zero attached hydrogens (tertiary/aromatic N) is 2. The number of anilines is 1. The van der Waals surface area contributed by atoms with Crippen LogP contribution in [-0.2, 0) is 0 Å². The molecule has 1 atom stereocenters. The van der Waals surface area contributed by atoms with Gasteiger partial charge in [-0.05, 0) is 31.1 Å². The lowest BCUT2D eigenvalue weighted by atomic mass is 10.2. The van der Waals surface area contributed by atoms with E-state index in [0.29, 0.717) is 11.6 Å². The summed E-state index contributed by atoms with van der Waals surface area (Å²) in [7, 11) is 0. The van der Waals surface area contributed by atoms with E-state index in [0.717, 1.165) is 17.8 Å². The summed E-state index contributed by atoms with van der Waals surface area (Å²) in [6.45, 7) is 2.10. The molecule has 1 heterocycles. The van der Waals surface area contributed by atoms with Crippen molar-refractivity contribution in [3.63, 3.8) is 0 Å². The Morgan fingerprint density at radius 2 is 2.53 bits per heavy atom. The molecule has 7 heteroatoms. The third-order valence-electron chi connectivity index (χ3n) is 1.84. The summed E-state index contributed by atoms with van der Waals surface area (Å²) >= 11 is 1.02. The molecule has 1 aromatic rings. The van der Waals surface area contributed by atoms with E-state index < -0.39 is 4.92 Å². The Morgan fingerprint density at radius 3 is 3.07 bits per heavy atom. The van der Waals surface area contributed by atoms with Crippen LogP contribution in [0.25, 0.3) is 0 Å². The van der Waals surface area contributed by atoms with Crippen LogP contribution in [0.5, 0.6) is 0 Å². The molecule has 6 nitrogen and oxygen atoms in total. The topological polar surface area (TPSA) is 88.3 Å². The third-order valence-corrected chi connectivity index (χ3v) is 2.72. The molecule has 0 aliphatic carbocycles. The molecule has 0 aliphatic rings. The number of aromatic nitrogens is 1. The Kier molecular flexibility index (Phi) is 4.44. The Morgan fingerprint density at radius 1 is 1.80 bits per heavy atom. The van der Waals surface area contributed by atoms with Gasteiger partial charge >= 0.3 is 5.00 Å². The highest BCUT2D eigenvalue weighted by atomic mass is 32.1. The van der Waals surface area contributed by atoms with Gasteiger partial charge in [0.2, 0.25) is 0 Å². The van der Waals surface area contributed by atoms with Crippen molar-refractivity contribution in [2.45, 2.75) is 25.8 Å². The lowest BCUT2D eigenvalue weighted by Gasteiger charge is -2.10. The average molecular weight is 231 g/mol. The number of nitro groups is 1. The van der Waals surface area contributed by atoms with Gasteiger partial charge < -0.3 is 10.4 Å². The van der Waals surface area contributed by atoms with Crippen LogP contribution in [0.3, 0.4) is 0 Å². The van der Waals surface area contributed by atoms with E-state index in [2.05, 4.69) is 10.3 Å². The van der Waals surface area contributed by atoms with E-state index in [1.54, 1.807) is 0 Å². The highest BCUT2D eigenvalue weighted by Gasteiger charge is 2.12. The van der Waals surface area contributed by atoms with E-state index in [1.165, 1.54) is 6.20 Å². The largest absolute Gasteiger partial charge is 0.396 e. The molecule has 0 aromatic carbocycles. The van der Waals surface area contributed by atoms with Crippen molar-refractivity contribution in [1.82, 2.24) is 4.98 Å². The van der Waals surface area contributed by atoms with E-state index >= 15 is 0 Å². The van der Waals surface area contributed by atoms with Crippen LogP contribution >= 0.6 is 11.3 Å². The number of thiazole rings is 1. The van der Waals surface area contributed by atoms with Crippen LogP contribution < -0.4 is 5.32 Å². The van der Waals surface area contributed by atoms with Crippen molar-refractivity contribution in [1.29, 1.82) is 0 Å². The Balaban J connectivity index is 2.46. The molecule has 0 radical (unpaired) electrons. The lowest BCUT2D eigenvalue weighted by molar-refractivity contribution is -0.380. The summed E-state index contributed by atoms with van der Waals surface area (Å²) in [6.07, 6.45) is 2.76. The minimum atomic E-state index is -0.457. The number of aliphatic hydroxyl groups is 1. The summed E-state index contributed by atoms with van der Waals surface area (Å²) in [6, 6.07) is 0.155. The average Bonchev–Trinajstić information content (AvgIpc) is 2.63. The van der Waals surface area contributed by atoms with Gasteiger partial charge in [0.15, 0.2) is 5.13 Å². The minimum absolute atomic E-state index is 0.0341. The standard InChI is InChI=1S/C8H13N3O3S/c1-6(3-2-4-12)10-8-9-5-7(15-8)11(13)14/h5-6,12H,2-4H2,1H3,(H,9,10). The molecular weight excluding hydrogens is 218 g/mol. The van der Waals surface area contributed by atoms with Crippen molar-refractivity contribution in [3.05, 3.63) is 16.3 Å². The van der Waals surface area contributed by atoms with Gasteiger partial charge in [-0.3, -0.25) is 10.1 Å². The van der Waals surface area contributed by atoms with Gasteiger partial charge in [0.1, 0.15) is 6.20 Å². The number of hydrogen-bond acceptors (Lipinski definition) is 6. The molecular formula is C8H13N3O3S. The Labute approximate surface area is 91.1 Å². The highest BCUT2D eigenvalue weighted by molar-refractivity contribution is 7.18. The summed E-state index contributed by atoms with van der Waals surface area (Å²) in [5, 5.41) is 22.6. The minimum Gasteiger partial charge on any atom is -0.396 e. The summed E-state index contributed by atoms with van der Waals surface area (Å²) < 4.78 is 0. The number of nitrogens with one attached hydrogen (secondary N) is 1. The molecule has 1 aromatic heterocycles. The van der Waals surface area contributed by atoms with Crippen LogP contribution in [0.15, 0.2) is 6.20 Å². The molecule has 1 rings (SSSR count). The van der Waals surface area contributed by atoms with E-state index in [-0.39, 0.29) is 17.6 Å². The van der Waals surface area contributed by atoms with Crippen molar-refractivity contribution in [3.8, 4) is 0 Å². The van der Waals surface area contributed by atoms with Gasteiger partial charge in [0, 0.05) is 12.6 Å². The predicted molar refractivity (Wildman–Crippen MR) is 58.2 cm³/mol. The van der Waals surface area contributed by atoms with E-state index in [1.807, 2.05) is 6.92 Å². The second-order valence-corrected chi connectivity index (χ2v) is 4.18. The van der Waals surface area contributed by atoms with Crippen molar-refractivity contribution >= 4 is 21.5 Å². The Hall–Kier alpha value is -1.21. The maximum absolute atomic E-state index is 10.4. The van der Waals surface area contributed by atoms with Gasteiger partial charge in [-0.1, -0.05) is 0 Å². The Bertz CT molecular complexity index is 329. The monoisotopic (exact) mass is 231 g/mol. The first kappa shape index (κ1) is 11.9. The van der Waals surface area contributed by atoms with Gasteiger partial charge in [0.25, 0.3) is 0 Å². The number of aliphatic hydroxyl groups excluding tert-OH is 1. The van der Waals surface area contributed by atoms with E-state index in [9.17, 15) is 10.1 Å². The maximum atomic E-state index is 10.4. The number of rotatable bonds is 6. The fourth-order valence-corrected chi connectivity index (χ4v) is 1.84. The summed E-state index contributed by atoms with van der Waals surface area (Å²) in [5.74, 6) is 0. The fourth-order valence-electron chi connectivity index (χ4n) is 1.10. The molecule has 1 unspecified atom stereocenters. The van der Waals surface area contributed by atoms with Gasteiger partial charge in [-0.25, -0.2) is 4.98 Å². The van der Waals surface area contributed by atoms with Gasteiger partial charge in [0.05, 0.1) is 4.92 Å². The molecule has 15 heavy (non-hydrogen) atoms. The first-order valence-corrected chi connectivity index (χ1v) is 5.42. The first-order chi connectivity index (χ1) is 7.13. The quantitative estimate of drug-likeness (QED) is 0.573. The van der Waals surface area contributed by atoms with Crippen LogP contribution in [0.1, 0.15) is 19.8 Å². The van der Waals surface area contributed by atoms with Gasteiger partial charge in [-0.2, -0.15) is 0 Å². The molecule has 0 fully saturated rings. The zero-order valence-corrected chi connectivity index (χ0v) is 9.16. The van der Waals surface area contributed by atoms with E-state index in [4.69, 9.17) is 5.11 Å². The SMILES string of the molecule is CC(CCCO)Nc1ncc([N+](=O)[O-])s1. The molecule has 0 amide bonds. The maximum Gasteiger partial charge on any atom is 0.345 e. The second-order valence-electron chi connectivity index (χ2n) is 3.17. The summed E-state index contributed by atoms with van der Waals surface area (Å²) in [4.78, 5) is 13.8. The summed E-state index contributed by atoms with van der Waals surface area (Å²) in [5.41, 5.74) is 0. The predicted octanol–water partition coefficient (Wildman–Crippen LogP) is 1.62. The third kappa shape index (κ3) is 3.80. The molecule has 0 spiro atoms. The molecule has 0 saturated heterocycles. The molecule has 84 valence electrons. The van der Waals surface area contributed by atoms with Crippen LogP contribution in [0.4, 0.5) is 10.1 Å². The second kappa shape index (κ2) is 5.62. The normalized spacial score (nSPS) is 12.4. The molecule has 0 aliphatic heterocycles. The number of hydrogen-bond donors (Lipinski definition) is 2. The van der Waals surface area contributed by atoms with Crippen LogP contribution in [0.2, 0.25) is 0 Å². The zero-order valence-electron chi connectivity index (χ0n) is 8.34. The van der Waals surface area contributed by atoms with Crippen LogP contribution in [-0.4, -0.2) is 27.7 Å². The zero-order chi connectivity index (χ0) is 11.3. The molecule has 0 saturated carbocycles. The fraction of sp³-hybridized carbons (Fsp3) is 0.625. The van der Waals surface area contributed by atoms with Crippen molar-refractivity contribution in [2.75, 3.05) is 11.9 Å². The van der Waals surface area contributed by atoms with Crippen molar-refractivity contribution < 1.29 is 10.0 Å². The molecule has 0 bridgehead atoms. The molecule has 2 N–H and O–H groups in total. The highest BCUT2D eigenvalue weighted by Crippen LogP contribution is 2.25. The van der Waals surface area contributed by atoms with Crippen molar-refractivity contribution in [2.24, 2.45) is 0 Å². The first-order valence-electron chi connectivity index (χ1n) is 4.61.